The molecule has 0 aromatic carbocycles. The van der Waals surface area contributed by atoms with Gasteiger partial charge in [0.2, 0.25) is 0 Å². The molecule has 0 spiro atoms. The van der Waals surface area contributed by atoms with Crippen molar-refractivity contribution in [3.05, 3.63) is 116 Å². The zero-order valence-corrected chi connectivity index (χ0v) is 46.5. The maximum atomic E-state index is 9.77. The largest absolute Gasteiger partial charge is 0.479 e. The van der Waals surface area contributed by atoms with Crippen LogP contribution in [-0.4, -0.2) is 183 Å². The maximum absolute atomic E-state index is 9.77. The molecule has 20 heteroatoms. The van der Waals surface area contributed by atoms with Crippen molar-refractivity contribution in [1.82, 2.24) is 39.5 Å². The first-order chi connectivity index (χ1) is 35.7. The highest BCUT2D eigenvalue weighted by Crippen LogP contribution is 2.34. The monoisotopic (exact) mass is 1060 g/mol. The minimum absolute atomic E-state index is 0.600. The number of likely N-dealkylation sites (tertiary alicyclic amines) is 4. The van der Waals surface area contributed by atoms with Gasteiger partial charge in [0.05, 0.1) is 0 Å². The highest BCUT2D eigenvalue weighted by molar-refractivity contribution is 5.83. The molecule has 4 fully saturated rings. The number of aryl methyl sites for hydroxylation is 8. The van der Waals surface area contributed by atoms with Crippen molar-refractivity contribution in [1.29, 1.82) is 0 Å². The van der Waals surface area contributed by atoms with Crippen LogP contribution in [0.5, 0.6) is 0 Å². The molecule has 76 heavy (non-hydrogen) atoms. The zero-order valence-electron chi connectivity index (χ0n) is 46.5. The zero-order chi connectivity index (χ0) is 57.1. The van der Waals surface area contributed by atoms with E-state index in [-0.39, 0.29) is 0 Å². The van der Waals surface area contributed by atoms with Crippen LogP contribution in [0, 0.1) is 55.4 Å². The molecule has 8 N–H and O–H groups in total. The lowest BCUT2D eigenvalue weighted by molar-refractivity contribution is -0.165. The van der Waals surface area contributed by atoms with Crippen LogP contribution in [0.3, 0.4) is 0 Å². The maximum Gasteiger partial charge on any atom is 0.335 e. The first-order valence-electron chi connectivity index (χ1n) is 25.9. The van der Waals surface area contributed by atoms with E-state index in [1.54, 1.807) is 0 Å². The Morgan fingerprint density at radius 2 is 0.539 bits per heavy atom. The van der Waals surface area contributed by atoms with Crippen LogP contribution in [-0.2, 0) is 19.2 Å². The first-order valence-corrected chi connectivity index (χ1v) is 25.9. The second kappa shape index (κ2) is 30.8. The Bertz CT molecular complexity index is 2190. The number of carboxylic acid groups (broad SMARTS) is 4. The van der Waals surface area contributed by atoms with E-state index in [4.69, 9.17) is 40.9 Å². The van der Waals surface area contributed by atoms with Crippen LogP contribution in [0.2, 0.25) is 0 Å². The molecule has 0 radical (unpaired) electrons. The molecule has 8 atom stereocenters. The van der Waals surface area contributed by atoms with Crippen LogP contribution in [0.4, 0.5) is 0 Å². The predicted molar refractivity (Wildman–Crippen MR) is 288 cm³/mol. The Labute approximate surface area is 448 Å². The molecule has 0 aliphatic carbocycles. The summed E-state index contributed by atoms with van der Waals surface area (Å²) >= 11 is 0. The summed E-state index contributed by atoms with van der Waals surface area (Å²) in [5, 5.41) is 65.1. The van der Waals surface area contributed by atoms with Gasteiger partial charge in [-0.3, -0.25) is 39.5 Å². The van der Waals surface area contributed by atoms with Gasteiger partial charge in [0.25, 0.3) is 0 Å². The second-order valence-electron chi connectivity index (χ2n) is 20.2. The van der Waals surface area contributed by atoms with E-state index in [0.29, 0.717) is 24.2 Å². The summed E-state index contributed by atoms with van der Waals surface area (Å²) < 4.78 is 0. The number of hydrogen-bond donors (Lipinski definition) is 8. The Morgan fingerprint density at radius 1 is 0.368 bits per heavy atom. The van der Waals surface area contributed by atoms with Crippen molar-refractivity contribution in [3.8, 4) is 0 Å². The molecule has 4 saturated heterocycles. The van der Waals surface area contributed by atoms with Crippen LogP contribution in [0.15, 0.2) is 48.5 Å². The van der Waals surface area contributed by atoms with E-state index in [1.165, 1.54) is 123 Å². The number of carboxylic acids is 4. The minimum Gasteiger partial charge on any atom is -0.479 e. The summed E-state index contributed by atoms with van der Waals surface area (Å²) in [5.41, 5.74) is 14.9. The van der Waals surface area contributed by atoms with E-state index in [0.717, 1.165) is 22.8 Å². The van der Waals surface area contributed by atoms with Crippen LogP contribution < -0.4 is 0 Å². The fraction of sp³-hybridized carbons (Fsp3) is 0.571. The molecular formula is C56H84N8O12. The van der Waals surface area contributed by atoms with Crippen molar-refractivity contribution in [2.75, 3.05) is 54.4 Å². The minimum atomic E-state index is -2.27. The van der Waals surface area contributed by atoms with Gasteiger partial charge >= 0.3 is 23.9 Å². The molecule has 0 amide bonds. The van der Waals surface area contributed by atoms with Crippen LogP contribution in [0.25, 0.3) is 0 Å². The van der Waals surface area contributed by atoms with Gasteiger partial charge in [0.15, 0.2) is 24.4 Å². The van der Waals surface area contributed by atoms with Gasteiger partial charge in [-0.15, -0.1) is 0 Å². The Morgan fingerprint density at radius 3 is 0.658 bits per heavy atom. The van der Waals surface area contributed by atoms with Crippen molar-refractivity contribution in [2.45, 2.75) is 155 Å². The molecule has 8 heterocycles. The summed E-state index contributed by atoms with van der Waals surface area (Å²) in [7, 11) is 8.82. The summed E-state index contributed by atoms with van der Waals surface area (Å²) in [6.07, 6.45) is 1.31. The molecule has 0 bridgehead atoms. The molecular weight excluding hydrogens is 977 g/mol. The number of rotatable bonds is 10. The van der Waals surface area contributed by atoms with E-state index in [9.17, 15) is 19.2 Å². The smallest absolute Gasteiger partial charge is 0.335 e. The number of aliphatic hydroxyl groups excluding tert-OH is 4. The van der Waals surface area contributed by atoms with E-state index in [2.05, 4.69) is 172 Å². The summed E-state index contributed by atoms with van der Waals surface area (Å²) in [4.78, 5) is 66.9. The van der Waals surface area contributed by atoms with Gasteiger partial charge in [-0.25, -0.2) is 19.2 Å². The standard InChI is InChI=1S/4C12H18N2.2C4H6O6/c4*1-9-6-7-11(10(2)13-9)12-5-4-8-14(12)3;2*5-1(3(7)8)2(6)4(9)10/h4*6-7,12H,4-5,8H2,1-3H3;2*1-2,5-6H,(H,7,8)(H,9,10)/t4*12-;;/m0000../s1. The number of nitrogens with zero attached hydrogens (tertiary/aromatic N) is 8. The summed E-state index contributed by atoms with van der Waals surface area (Å²) in [5.74, 6) is -7.07. The third-order valence-corrected chi connectivity index (χ3v) is 14.2. The average Bonchev–Trinajstić information content (AvgIpc) is 4.18. The fourth-order valence-corrected chi connectivity index (χ4v) is 9.95. The predicted octanol–water partition coefficient (Wildman–Crippen LogP) is 5.62. The van der Waals surface area contributed by atoms with Crippen molar-refractivity contribution in [2.24, 2.45) is 0 Å². The number of aromatic nitrogens is 4. The molecule has 4 aliphatic heterocycles. The van der Waals surface area contributed by atoms with E-state index in [1.807, 2.05) is 0 Å². The normalized spacial score (nSPS) is 21.1. The Kier molecular flexibility index (Phi) is 26.1. The quantitative estimate of drug-likeness (QED) is 0.0957. The first kappa shape index (κ1) is 64.4. The summed E-state index contributed by atoms with van der Waals surface area (Å²) in [6, 6.07) is 19.8. The second-order valence-corrected chi connectivity index (χ2v) is 20.2. The van der Waals surface area contributed by atoms with Gasteiger partial charge in [0, 0.05) is 69.7 Å². The molecule has 4 aliphatic rings. The average molecular weight is 1060 g/mol. The Balaban J connectivity index is 0.000000242. The van der Waals surface area contributed by atoms with E-state index < -0.39 is 48.3 Å². The molecule has 8 rings (SSSR count). The van der Waals surface area contributed by atoms with Crippen LogP contribution in [0.1, 0.15) is 143 Å². The molecule has 4 unspecified atom stereocenters. The SMILES string of the molecule is Cc1ccc([C@@H]2CCCN2C)c(C)n1.Cc1ccc([C@@H]2CCCN2C)c(C)n1.Cc1ccc([C@@H]2CCCN2C)c(C)n1.Cc1ccc([C@@H]2CCCN2C)c(C)n1.O=C(O)C(O)C(O)C(=O)O.O=C(O)C(O)C(O)C(=O)O. The molecule has 4 aromatic rings. The molecule has 4 aromatic heterocycles. The van der Waals surface area contributed by atoms with Gasteiger partial charge in [0.1, 0.15) is 0 Å². The van der Waals surface area contributed by atoms with Gasteiger partial charge in [-0.05, 0) is 208 Å². The summed E-state index contributed by atoms with van der Waals surface area (Å²) in [6.45, 7) is 21.6. The lowest BCUT2D eigenvalue weighted by atomic mass is 10.0. The topological polar surface area (TPSA) is 295 Å². The van der Waals surface area contributed by atoms with Crippen LogP contribution >= 0.6 is 0 Å². The number of hydrogen-bond acceptors (Lipinski definition) is 16. The third kappa shape index (κ3) is 19.3. The molecule has 420 valence electrons. The van der Waals surface area contributed by atoms with Gasteiger partial charge < -0.3 is 40.9 Å². The fourth-order valence-electron chi connectivity index (χ4n) is 9.95. The highest BCUT2D eigenvalue weighted by atomic mass is 16.4. The van der Waals surface area contributed by atoms with Crippen molar-refractivity contribution in [3.63, 3.8) is 0 Å². The number of aliphatic carboxylic acids is 4. The van der Waals surface area contributed by atoms with E-state index >= 15 is 0 Å². The van der Waals surface area contributed by atoms with Crippen molar-refractivity contribution >= 4 is 23.9 Å². The van der Waals surface area contributed by atoms with Gasteiger partial charge in [-0.2, -0.15) is 0 Å². The lowest BCUT2D eigenvalue weighted by Gasteiger charge is -2.21. The lowest BCUT2D eigenvalue weighted by Crippen LogP contribution is -2.39. The number of aliphatic hydroxyl groups is 4. The number of pyridine rings is 4. The van der Waals surface area contributed by atoms with Gasteiger partial charge in [-0.1, -0.05) is 24.3 Å². The highest BCUT2D eigenvalue weighted by Gasteiger charge is 2.31. The third-order valence-electron chi connectivity index (χ3n) is 14.2. The molecule has 20 nitrogen and oxygen atoms in total. The Hall–Kier alpha value is -5.84. The number of carbonyl (C=O) groups is 4. The van der Waals surface area contributed by atoms with Crippen molar-refractivity contribution < 1.29 is 60.0 Å². The molecule has 0 saturated carbocycles.